The highest BCUT2D eigenvalue weighted by Gasteiger charge is 2.31. The van der Waals surface area contributed by atoms with E-state index >= 15 is 0 Å². The summed E-state index contributed by atoms with van der Waals surface area (Å²) in [7, 11) is 2.69. The average Bonchev–Trinajstić information content (AvgIpc) is 3.01. The van der Waals surface area contributed by atoms with Crippen LogP contribution in [0.2, 0.25) is 0 Å². The number of nitro groups is 1. The van der Waals surface area contributed by atoms with Gasteiger partial charge in [0.05, 0.1) is 36.9 Å². The minimum absolute atomic E-state index is 0.0382. The number of fused-ring (bicyclic) bond motifs is 1. The van der Waals surface area contributed by atoms with Crippen molar-refractivity contribution in [1.29, 1.82) is 0 Å². The number of methoxy groups -OCH3 is 2. The Balaban J connectivity index is 1.30. The van der Waals surface area contributed by atoms with Gasteiger partial charge < -0.3 is 29.2 Å². The van der Waals surface area contributed by atoms with Gasteiger partial charge in [-0.2, -0.15) is 0 Å². The first-order valence-corrected chi connectivity index (χ1v) is 12.9. The van der Waals surface area contributed by atoms with Gasteiger partial charge in [0.2, 0.25) is 5.75 Å². The van der Waals surface area contributed by atoms with Crippen LogP contribution in [0.1, 0.15) is 21.5 Å². The van der Waals surface area contributed by atoms with E-state index < -0.39 is 10.8 Å². The van der Waals surface area contributed by atoms with Crippen LogP contribution in [-0.2, 0) is 17.9 Å². The summed E-state index contributed by atoms with van der Waals surface area (Å²) in [6.45, 7) is 0.0280. The predicted octanol–water partition coefficient (Wildman–Crippen LogP) is 5.37. The summed E-state index contributed by atoms with van der Waals surface area (Å²) in [5.41, 5.74) is 2.26. The van der Waals surface area contributed by atoms with Crippen LogP contribution < -0.4 is 29.2 Å². The van der Waals surface area contributed by atoms with Gasteiger partial charge in [-0.05, 0) is 60.2 Å². The molecule has 214 valence electrons. The standard InChI is InChI=1S/C31H27N3O8/c1-39-26-15-9-22(29(34(37)38)30(26)40-2)17-33-25-14-8-21(16-27(25)42-19-28(33)35)31(36)32-23-10-12-24(13-11-23)41-18-20-6-4-3-5-7-20/h3-16H,17-19H2,1-2H3,(H,32,36). The van der Waals surface area contributed by atoms with Gasteiger partial charge in [0, 0.05) is 11.3 Å². The Morgan fingerprint density at radius 2 is 1.76 bits per heavy atom. The molecule has 11 heteroatoms. The molecule has 0 unspecified atom stereocenters. The number of nitrogens with zero attached hydrogens (tertiary/aromatic N) is 2. The number of carbonyl (C=O) groups excluding carboxylic acids is 2. The molecule has 0 fully saturated rings. The summed E-state index contributed by atoms with van der Waals surface area (Å²) >= 11 is 0. The molecule has 42 heavy (non-hydrogen) atoms. The van der Waals surface area contributed by atoms with Gasteiger partial charge in [0.25, 0.3) is 11.8 Å². The molecule has 11 nitrogen and oxygen atoms in total. The summed E-state index contributed by atoms with van der Waals surface area (Å²) in [5.74, 6) is 0.362. The van der Waals surface area contributed by atoms with Crippen molar-refractivity contribution in [1.82, 2.24) is 0 Å². The number of rotatable bonds is 10. The fourth-order valence-electron chi connectivity index (χ4n) is 4.55. The minimum Gasteiger partial charge on any atom is -0.493 e. The van der Waals surface area contributed by atoms with E-state index in [1.165, 1.54) is 31.3 Å². The molecule has 0 aromatic heterocycles. The average molecular weight is 570 g/mol. The second kappa shape index (κ2) is 12.3. The zero-order chi connectivity index (χ0) is 29.6. The van der Waals surface area contributed by atoms with Crippen LogP contribution in [0.4, 0.5) is 17.1 Å². The summed E-state index contributed by atoms with van der Waals surface area (Å²) < 4.78 is 21.8. The number of hydrogen-bond acceptors (Lipinski definition) is 8. The van der Waals surface area contributed by atoms with E-state index in [-0.39, 0.29) is 41.8 Å². The molecule has 2 amide bonds. The lowest BCUT2D eigenvalue weighted by Gasteiger charge is -2.29. The van der Waals surface area contributed by atoms with Gasteiger partial charge in [-0.15, -0.1) is 0 Å². The van der Waals surface area contributed by atoms with Crippen LogP contribution in [0.15, 0.2) is 84.9 Å². The summed E-state index contributed by atoms with van der Waals surface area (Å²) in [6.07, 6.45) is 0. The lowest BCUT2D eigenvalue weighted by Crippen LogP contribution is -2.38. The lowest BCUT2D eigenvalue weighted by molar-refractivity contribution is -0.386. The van der Waals surface area contributed by atoms with E-state index in [4.69, 9.17) is 18.9 Å². The monoisotopic (exact) mass is 569 g/mol. The van der Waals surface area contributed by atoms with Crippen LogP contribution >= 0.6 is 0 Å². The van der Waals surface area contributed by atoms with Crippen LogP contribution in [-0.4, -0.2) is 37.6 Å². The van der Waals surface area contributed by atoms with Gasteiger partial charge in [0.15, 0.2) is 12.4 Å². The molecule has 1 aliphatic rings. The number of nitrogens with one attached hydrogen (secondary N) is 1. The summed E-state index contributed by atoms with van der Waals surface area (Å²) in [4.78, 5) is 38.5. The number of nitro benzene ring substituents is 1. The Bertz CT molecular complexity index is 1620. The molecule has 0 bridgehead atoms. The second-order valence-electron chi connectivity index (χ2n) is 9.27. The molecule has 0 atom stereocenters. The molecule has 1 heterocycles. The number of benzene rings is 4. The summed E-state index contributed by atoms with van der Waals surface area (Å²) in [5, 5.41) is 14.7. The third-order valence-corrected chi connectivity index (χ3v) is 6.64. The maximum atomic E-state index is 13.0. The maximum absolute atomic E-state index is 13.0. The smallest absolute Gasteiger partial charge is 0.319 e. The molecule has 5 rings (SSSR count). The molecule has 0 aliphatic carbocycles. The number of hydrogen-bond donors (Lipinski definition) is 1. The highest BCUT2D eigenvalue weighted by Crippen LogP contribution is 2.41. The SMILES string of the molecule is COc1ccc(CN2C(=O)COc3cc(C(=O)Nc4ccc(OCc5ccccc5)cc4)ccc32)c([N+](=O)[O-])c1OC. The summed E-state index contributed by atoms with van der Waals surface area (Å²) in [6, 6.07) is 24.5. The van der Waals surface area contributed by atoms with Crippen LogP contribution in [0.25, 0.3) is 0 Å². The van der Waals surface area contributed by atoms with Gasteiger partial charge in [-0.3, -0.25) is 19.7 Å². The Kier molecular flexibility index (Phi) is 8.19. The third kappa shape index (κ3) is 5.94. The molecule has 1 aliphatic heterocycles. The van der Waals surface area contributed by atoms with Gasteiger partial charge in [-0.25, -0.2) is 0 Å². The quantitative estimate of drug-likeness (QED) is 0.199. The molecule has 4 aromatic carbocycles. The molecular formula is C31H27N3O8. The van der Waals surface area contributed by atoms with E-state index in [9.17, 15) is 19.7 Å². The third-order valence-electron chi connectivity index (χ3n) is 6.64. The van der Waals surface area contributed by atoms with Crippen LogP contribution in [0, 0.1) is 10.1 Å². The van der Waals surface area contributed by atoms with E-state index in [1.807, 2.05) is 30.3 Å². The first-order chi connectivity index (χ1) is 20.4. The molecule has 0 saturated heterocycles. The largest absolute Gasteiger partial charge is 0.493 e. The van der Waals surface area contributed by atoms with Crippen molar-refractivity contribution in [2.45, 2.75) is 13.2 Å². The fourth-order valence-corrected chi connectivity index (χ4v) is 4.55. The molecule has 4 aromatic rings. The normalized spacial score (nSPS) is 12.1. The predicted molar refractivity (Wildman–Crippen MR) is 154 cm³/mol. The highest BCUT2D eigenvalue weighted by atomic mass is 16.6. The van der Waals surface area contributed by atoms with Crippen molar-refractivity contribution in [2.75, 3.05) is 31.0 Å². The zero-order valence-corrected chi connectivity index (χ0v) is 22.9. The first kappa shape index (κ1) is 28.0. The zero-order valence-electron chi connectivity index (χ0n) is 22.9. The maximum Gasteiger partial charge on any atom is 0.319 e. The molecular weight excluding hydrogens is 542 g/mol. The molecule has 0 saturated carbocycles. The molecule has 1 N–H and O–H groups in total. The second-order valence-corrected chi connectivity index (χ2v) is 9.27. The Morgan fingerprint density at radius 1 is 1.00 bits per heavy atom. The molecule has 0 spiro atoms. The number of anilines is 2. The minimum atomic E-state index is -0.572. The Hall–Kier alpha value is -5.58. The fraction of sp³-hybridized carbons (Fsp3) is 0.161. The van der Waals surface area contributed by atoms with Crippen molar-refractivity contribution in [3.05, 3.63) is 112 Å². The van der Waals surface area contributed by atoms with Gasteiger partial charge >= 0.3 is 5.69 Å². The number of carbonyl (C=O) groups is 2. The van der Waals surface area contributed by atoms with E-state index in [2.05, 4.69) is 5.32 Å². The van der Waals surface area contributed by atoms with Crippen molar-refractivity contribution in [3.63, 3.8) is 0 Å². The first-order valence-electron chi connectivity index (χ1n) is 12.9. The van der Waals surface area contributed by atoms with Crippen LogP contribution in [0.5, 0.6) is 23.0 Å². The van der Waals surface area contributed by atoms with E-state index in [1.54, 1.807) is 42.5 Å². The van der Waals surface area contributed by atoms with Crippen molar-refractivity contribution < 1.29 is 33.5 Å². The number of ether oxygens (including phenoxy) is 4. The van der Waals surface area contributed by atoms with Gasteiger partial charge in [0.1, 0.15) is 18.1 Å². The van der Waals surface area contributed by atoms with E-state index in [0.717, 1.165) is 5.56 Å². The Labute approximate surface area is 241 Å². The number of amides is 2. The van der Waals surface area contributed by atoms with Crippen molar-refractivity contribution >= 4 is 28.9 Å². The van der Waals surface area contributed by atoms with Crippen LogP contribution in [0.3, 0.4) is 0 Å². The highest BCUT2D eigenvalue weighted by molar-refractivity contribution is 6.06. The molecule has 0 radical (unpaired) electrons. The lowest BCUT2D eigenvalue weighted by atomic mass is 10.1. The van der Waals surface area contributed by atoms with Crippen molar-refractivity contribution in [3.8, 4) is 23.0 Å². The Morgan fingerprint density at radius 3 is 2.45 bits per heavy atom. The topological polar surface area (TPSA) is 129 Å². The van der Waals surface area contributed by atoms with Crippen molar-refractivity contribution in [2.24, 2.45) is 0 Å². The van der Waals surface area contributed by atoms with E-state index in [0.29, 0.717) is 35.0 Å². The van der Waals surface area contributed by atoms with Gasteiger partial charge in [-0.1, -0.05) is 30.3 Å².